The van der Waals surface area contributed by atoms with Crippen LogP contribution in [0.15, 0.2) is 60.7 Å². The number of thiophene rings is 1. The number of thiocarbonyl (C=S) groups is 1. The Morgan fingerprint density at radius 1 is 1.07 bits per heavy atom. The first-order chi connectivity index (χ1) is 14.6. The lowest BCUT2D eigenvalue weighted by molar-refractivity contribution is 0.0950. The van der Waals surface area contributed by atoms with Crippen molar-refractivity contribution in [1.29, 1.82) is 0 Å². The van der Waals surface area contributed by atoms with E-state index in [1.807, 2.05) is 60.7 Å². The fraction of sp³-hybridized carbons (Fsp3) is 0.250. The summed E-state index contributed by atoms with van der Waals surface area (Å²) in [5.41, 5.74) is 3.93. The van der Waals surface area contributed by atoms with Gasteiger partial charge in [0.15, 0.2) is 5.11 Å². The van der Waals surface area contributed by atoms with Gasteiger partial charge in [-0.15, -0.1) is 11.3 Å². The van der Waals surface area contributed by atoms with Crippen molar-refractivity contribution in [3.8, 4) is 0 Å². The van der Waals surface area contributed by atoms with E-state index in [0.717, 1.165) is 41.1 Å². The molecule has 0 fully saturated rings. The van der Waals surface area contributed by atoms with E-state index in [9.17, 15) is 4.79 Å². The monoisotopic (exact) mass is 435 g/mol. The highest BCUT2D eigenvalue weighted by molar-refractivity contribution is 7.80. The predicted molar refractivity (Wildman–Crippen MR) is 130 cm³/mol. The van der Waals surface area contributed by atoms with Gasteiger partial charge in [-0.2, -0.15) is 0 Å². The van der Waals surface area contributed by atoms with Crippen LogP contribution in [0.2, 0.25) is 0 Å². The Morgan fingerprint density at radius 2 is 1.77 bits per heavy atom. The van der Waals surface area contributed by atoms with Gasteiger partial charge in [-0.3, -0.25) is 4.79 Å². The number of para-hydroxylation sites is 1. The topological polar surface area (TPSA) is 53.2 Å². The van der Waals surface area contributed by atoms with Crippen LogP contribution in [0.1, 0.15) is 52.0 Å². The number of rotatable bonds is 5. The lowest BCUT2D eigenvalue weighted by atomic mass is 9.86. The highest BCUT2D eigenvalue weighted by atomic mass is 32.1. The summed E-state index contributed by atoms with van der Waals surface area (Å²) >= 11 is 7.18. The maximum atomic E-state index is 13.2. The van der Waals surface area contributed by atoms with E-state index in [0.29, 0.717) is 17.6 Å². The van der Waals surface area contributed by atoms with Gasteiger partial charge in [0.05, 0.1) is 5.56 Å². The van der Waals surface area contributed by atoms with E-state index in [4.69, 9.17) is 12.2 Å². The quantitative estimate of drug-likeness (QED) is 0.435. The molecule has 1 atom stereocenters. The average Bonchev–Trinajstić information content (AvgIpc) is 3.12. The molecule has 2 aromatic carbocycles. The molecule has 0 saturated heterocycles. The molecule has 1 aliphatic rings. The number of carbonyl (C=O) groups is 1. The SMILES string of the molecule is CC1CCCc2sc(NC(=S)Nc3ccccc3)c(C(=O)NCc3ccccc3)c21. The van der Waals surface area contributed by atoms with Crippen molar-refractivity contribution in [1.82, 2.24) is 5.32 Å². The molecule has 0 radical (unpaired) electrons. The van der Waals surface area contributed by atoms with Crippen molar-refractivity contribution < 1.29 is 4.79 Å². The van der Waals surface area contributed by atoms with Crippen molar-refractivity contribution in [2.45, 2.75) is 38.6 Å². The Labute approximate surface area is 186 Å². The molecule has 1 aliphatic carbocycles. The molecule has 4 rings (SSSR count). The van der Waals surface area contributed by atoms with Gasteiger partial charge >= 0.3 is 0 Å². The molecule has 154 valence electrons. The first kappa shape index (κ1) is 20.6. The minimum Gasteiger partial charge on any atom is -0.348 e. The minimum absolute atomic E-state index is 0.0462. The number of amides is 1. The zero-order valence-electron chi connectivity index (χ0n) is 16.9. The maximum absolute atomic E-state index is 13.2. The van der Waals surface area contributed by atoms with Crippen LogP contribution in [0.3, 0.4) is 0 Å². The second-order valence-corrected chi connectivity index (χ2v) is 9.06. The lowest BCUT2D eigenvalue weighted by Gasteiger charge is -2.20. The van der Waals surface area contributed by atoms with Crippen LogP contribution >= 0.6 is 23.6 Å². The van der Waals surface area contributed by atoms with Gasteiger partial charge in [-0.05, 0) is 60.7 Å². The van der Waals surface area contributed by atoms with Gasteiger partial charge in [0.1, 0.15) is 5.00 Å². The Bertz CT molecular complexity index is 1030. The van der Waals surface area contributed by atoms with Crippen molar-refractivity contribution in [3.05, 3.63) is 82.2 Å². The fourth-order valence-corrected chi connectivity index (χ4v) is 5.53. The average molecular weight is 436 g/mol. The summed E-state index contributed by atoms with van der Waals surface area (Å²) in [5, 5.41) is 10.9. The third-order valence-corrected chi connectivity index (χ3v) is 6.72. The predicted octanol–water partition coefficient (Wildman–Crippen LogP) is 5.93. The molecule has 3 N–H and O–H groups in total. The molecule has 0 bridgehead atoms. The van der Waals surface area contributed by atoms with E-state index in [-0.39, 0.29) is 5.91 Å². The first-order valence-electron chi connectivity index (χ1n) is 10.2. The van der Waals surface area contributed by atoms with Crippen molar-refractivity contribution in [2.24, 2.45) is 0 Å². The highest BCUT2D eigenvalue weighted by Crippen LogP contribution is 2.43. The number of hydrogen-bond acceptors (Lipinski definition) is 3. The Balaban J connectivity index is 1.56. The van der Waals surface area contributed by atoms with Crippen LogP contribution in [0.25, 0.3) is 0 Å². The summed E-state index contributed by atoms with van der Waals surface area (Å²) in [4.78, 5) is 14.5. The van der Waals surface area contributed by atoms with Crippen molar-refractivity contribution in [3.63, 3.8) is 0 Å². The van der Waals surface area contributed by atoms with E-state index in [2.05, 4.69) is 22.9 Å². The number of anilines is 2. The van der Waals surface area contributed by atoms with E-state index in [1.165, 1.54) is 10.4 Å². The van der Waals surface area contributed by atoms with Crippen molar-refractivity contribution >= 4 is 45.3 Å². The Morgan fingerprint density at radius 3 is 2.50 bits per heavy atom. The van der Waals surface area contributed by atoms with E-state index >= 15 is 0 Å². The molecule has 0 aliphatic heterocycles. The Hall–Kier alpha value is -2.70. The fourth-order valence-electron chi connectivity index (χ4n) is 3.88. The van der Waals surface area contributed by atoms with Crippen LogP contribution in [0, 0.1) is 0 Å². The molecule has 1 aromatic heterocycles. The number of aryl methyl sites for hydroxylation is 1. The summed E-state index contributed by atoms with van der Waals surface area (Å²) in [5.74, 6) is 0.323. The molecule has 1 unspecified atom stereocenters. The van der Waals surface area contributed by atoms with Crippen LogP contribution in [0.4, 0.5) is 10.7 Å². The number of fused-ring (bicyclic) bond motifs is 1. The minimum atomic E-state index is -0.0462. The maximum Gasteiger partial charge on any atom is 0.254 e. The molecule has 3 aromatic rings. The number of benzene rings is 2. The summed E-state index contributed by atoms with van der Waals surface area (Å²) < 4.78 is 0. The number of hydrogen-bond donors (Lipinski definition) is 3. The third-order valence-electron chi connectivity index (χ3n) is 5.34. The first-order valence-corrected chi connectivity index (χ1v) is 11.4. The number of nitrogens with one attached hydrogen (secondary N) is 3. The highest BCUT2D eigenvalue weighted by Gasteiger charge is 2.29. The van der Waals surface area contributed by atoms with Crippen LogP contribution in [0.5, 0.6) is 0 Å². The van der Waals surface area contributed by atoms with Gasteiger partial charge in [0.25, 0.3) is 5.91 Å². The molecule has 30 heavy (non-hydrogen) atoms. The normalized spacial score (nSPS) is 15.2. The molecule has 1 heterocycles. The second kappa shape index (κ2) is 9.41. The molecule has 4 nitrogen and oxygen atoms in total. The van der Waals surface area contributed by atoms with Gasteiger partial charge in [-0.1, -0.05) is 55.5 Å². The lowest BCUT2D eigenvalue weighted by Crippen LogP contribution is -2.26. The summed E-state index contributed by atoms with van der Waals surface area (Å²) in [6.45, 7) is 2.72. The van der Waals surface area contributed by atoms with E-state index < -0.39 is 0 Å². The summed E-state index contributed by atoms with van der Waals surface area (Å²) in [6, 6.07) is 19.8. The van der Waals surface area contributed by atoms with Crippen LogP contribution < -0.4 is 16.0 Å². The van der Waals surface area contributed by atoms with Gasteiger partial charge in [0.2, 0.25) is 0 Å². The summed E-state index contributed by atoms with van der Waals surface area (Å²) in [7, 11) is 0. The standard InChI is InChI=1S/C24H25N3OS2/c1-16-9-8-14-19-20(16)21(22(28)25-15-17-10-4-2-5-11-17)23(30-19)27-24(29)26-18-12-6-3-7-13-18/h2-7,10-13,16H,8-9,14-15H2,1H3,(H,25,28)(H2,26,27,29). The van der Waals surface area contributed by atoms with Crippen LogP contribution in [-0.4, -0.2) is 11.0 Å². The molecular formula is C24H25N3OS2. The van der Waals surface area contributed by atoms with Gasteiger partial charge in [0, 0.05) is 17.1 Å². The van der Waals surface area contributed by atoms with Crippen molar-refractivity contribution in [2.75, 3.05) is 10.6 Å². The summed E-state index contributed by atoms with van der Waals surface area (Å²) in [6.07, 6.45) is 3.28. The van der Waals surface area contributed by atoms with E-state index in [1.54, 1.807) is 11.3 Å². The Kier molecular flexibility index (Phi) is 6.45. The van der Waals surface area contributed by atoms with Crippen LogP contribution in [-0.2, 0) is 13.0 Å². The molecule has 0 saturated carbocycles. The molecule has 0 spiro atoms. The number of carbonyl (C=O) groups excluding carboxylic acids is 1. The smallest absolute Gasteiger partial charge is 0.254 e. The molecule has 6 heteroatoms. The largest absolute Gasteiger partial charge is 0.348 e. The van der Waals surface area contributed by atoms with Gasteiger partial charge < -0.3 is 16.0 Å². The molecule has 1 amide bonds. The third kappa shape index (κ3) is 4.71. The zero-order valence-corrected chi connectivity index (χ0v) is 18.5. The second-order valence-electron chi connectivity index (χ2n) is 7.55. The van der Waals surface area contributed by atoms with Gasteiger partial charge in [-0.25, -0.2) is 0 Å². The zero-order chi connectivity index (χ0) is 20.9. The molecular weight excluding hydrogens is 410 g/mol.